The minimum atomic E-state index is -0.591. The molecule has 5 rings (SSSR count). The van der Waals surface area contributed by atoms with Crippen LogP contribution in [0.4, 0.5) is 16.3 Å². The molecular formula is C28H33N3O5. The minimum Gasteiger partial charge on any atom is -0.454 e. The second kappa shape index (κ2) is 8.76. The molecule has 0 atom stereocenters. The van der Waals surface area contributed by atoms with E-state index >= 15 is 0 Å². The molecule has 3 aromatic rings. The number of aromatic amines is 1. The number of ether oxygens (including phenoxy) is 3. The van der Waals surface area contributed by atoms with Crippen LogP contribution in [-0.2, 0) is 14.9 Å². The van der Waals surface area contributed by atoms with E-state index in [1.165, 1.54) is 0 Å². The number of benzene rings is 2. The van der Waals surface area contributed by atoms with Crippen LogP contribution in [0.5, 0.6) is 11.5 Å². The smallest absolute Gasteiger partial charge is 0.415 e. The highest BCUT2D eigenvalue weighted by atomic mass is 16.7. The zero-order chi connectivity index (χ0) is 25.7. The SMILES string of the molecule is CC(C)CN(C(=O)OC(C)(C)C)c1cc2cc(NC(=O)C3(c4ccc5c(c4)OCO5)CC3)ccc2[nH]1. The number of carbonyl (C=O) groups is 2. The standard InChI is InChI=1S/C28H33N3O5/c1-17(2)15-31(26(33)36-27(3,4)5)24-13-18-12-20(7-8-21(18)30-24)29-25(32)28(10-11-28)19-6-9-22-23(14-19)35-16-34-22/h6-9,12-14,17,30H,10-11,15-16H2,1-5H3,(H,29,32). The van der Waals surface area contributed by atoms with Gasteiger partial charge < -0.3 is 24.5 Å². The number of anilines is 2. The summed E-state index contributed by atoms with van der Waals surface area (Å²) in [5.74, 6) is 2.28. The van der Waals surface area contributed by atoms with Gasteiger partial charge in [-0.2, -0.15) is 0 Å². The van der Waals surface area contributed by atoms with Crippen molar-refractivity contribution in [3.8, 4) is 11.5 Å². The molecule has 190 valence electrons. The lowest BCUT2D eigenvalue weighted by Gasteiger charge is -2.27. The predicted octanol–water partition coefficient (Wildman–Crippen LogP) is 5.96. The highest BCUT2D eigenvalue weighted by molar-refractivity contribution is 6.03. The van der Waals surface area contributed by atoms with E-state index in [-0.39, 0.29) is 18.6 Å². The van der Waals surface area contributed by atoms with Crippen molar-refractivity contribution in [2.75, 3.05) is 23.6 Å². The molecule has 8 nitrogen and oxygen atoms in total. The van der Waals surface area contributed by atoms with Gasteiger partial charge in [0.2, 0.25) is 12.7 Å². The Bertz CT molecular complexity index is 1320. The molecular weight excluding hydrogens is 458 g/mol. The quantitative estimate of drug-likeness (QED) is 0.444. The van der Waals surface area contributed by atoms with E-state index in [4.69, 9.17) is 14.2 Å². The van der Waals surface area contributed by atoms with Gasteiger partial charge in [-0.1, -0.05) is 19.9 Å². The fourth-order valence-electron chi connectivity index (χ4n) is 4.51. The first-order valence-corrected chi connectivity index (χ1v) is 12.4. The van der Waals surface area contributed by atoms with Crippen molar-refractivity contribution >= 4 is 34.4 Å². The molecule has 2 aliphatic rings. The number of fused-ring (bicyclic) bond motifs is 2. The van der Waals surface area contributed by atoms with Crippen molar-refractivity contribution in [3.63, 3.8) is 0 Å². The third kappa shape index (κ3) is 4.72. The van der Waals surface area contributed by atoms with Gasteiger partial charge in [-0.25, -0.2) is 4.79 Å². The molecule has 8 heteroatoms. The van der Waals surface area contributed by atoms with Crippen LogP contribution in [0.25, 0.3) is 10.9 Å². The van der Waals surface area contributed by atoms with Crippen LogP contribution in [0.2, 0.25) is 0 Å². The number of aromatic nitrogens is 1. The maximum Gasteiger partial charge on any atom is 0.415 e. The average Bonchev–Trinajstić information content (AvgIpc) is 3.29. The summed E-state index contributed by atoms with van der Waals surface area (Å²) in [4.78, 5) is 31.2. The molecule has 2 amide bonds. The van der Waals surface area contributed by atoms with Crippen LogP contribution in [0, 0.1) is 5.92 Å². The van der Waals surface area contributed by atoms with Crippen LogP contribution in [0.3, 0.4) is 0 Å². The Morgan fingerprint density at radius 1 is 1.08 bits per heavy atom. The Kier molecular flexibility index (Phi) is 5.85. The molecule has 2 aromatic carbocycles. The van der Waals surface area contributed by atoms with E-state index in [1.54, 1.807) is 4.90 Å². The number of carbonyl (C=O) groups excluding carboxylic acids is 2. The zero-order valence-electron chi connectivity index (χ0n) is 21.4. The maximum atomic E-state index is 13.3. The Morgan fingerprint density at radius 3 is 2.53 bits per heavy atom. The molecule has 36 heavy (non-hydrogen) atoms. The molecule has 1 fully saturated rings. The van der Waals surface area contributed by atoms with Crippen LogP contribution in [0.15, 0.2) is 42.5 Å². The Hall–Kier alpha value is -3.68. The summed E-state index contributed by atoms with van der Waals surface area (Å²) >= 11 is 0. The fraction of sp³-hybridized carbons (Fsp3) is 0.429. The summed E-state index contributed by atoms with van der Waals surface area (Å²) in [5.41, 5.74) is 1.38. The summed E-state index contributed by atoms with van der Waals surface area (Å²) in [7, 11) is 0. The van der Waals surface area contributed by atoms with Crippen LogP contribution in [-0.4, -0.2) is 35.9 Å². The molecule has 0 bridgehead atoms. The second-order valence-corrected chi connectivity index (χ2v) is 11.0. The first-order valence-electron chi connectivity index (χ1n) is 12.4. The fourth-order valence-corrected chi connectivity index (χ4v) is 4.51. The topological polar surface area (TPSA) is 92.9 Å². The lowest BCUT2D eigenvalue weighted by atomic mass is 9.94. The van der Waals surface area contributed by atoms with E-state index in [1.807, 2.05) is 63.2 Å². The van der Waals surface area contributed by atoms with E-state index < -0.39 is 17.1 Å². The van der Waals surface area contributed by atoms with Crippen molar-refractivity contribution in [1.29, 1.82) is 0 Å². The Labute approximate surface area is 210 Å². The largest absolute Gasteiger partial charge is 0.454 e. The molecule has 1 aromatic heterocycles. The van der Waals surface area contributed by atoms with E-state index in [2.05, 4.69) is 24.1 Å². The van der Waals surface area contributed by atoms with Gasteiger partial charge in [0.25, 0.3) is 0 Å². The normalized spacial score (nSPS) is 15.7. The number of H-pyrrole nitrogens is 1. The van der Waals surface area contributed by atoms with Gasteiger partial charge in [0, 0.05) is 23.1 Å². The summed E-state index contributed by atoms with van der Waals surface area (Å²) in [6.45, 7) is 10.4. The minimum absolute atomic E-state index is 0.0355. The highest BCUT2D eigenvalue weighted by Crippen LogP contribution is 2.51. The number of nitrogens with one attached hydrogen (secondary N) is 2. The first-order chi connectivity index (χ1) is 17.0. The van der Waals surface area contributed by atoms with Crippen molar-refractivity contribution in [3.05, 3.63) is 48.0 Å². The number of hydrogen-bond donors (Lipinski definition) is 2. The van der Waals surface area contributed by atoms with E-state index in [0.29, 0.717) is 29.5 Å². The van der Waals surface area contributed by atoms with Crippen molar-refractivity contribution in [2.45, 2.75) is 58.5 Å². The molecule has 0 saturated heterocycles. The van der Waals surface area contributed by atoms with Crippen LogP contribution < -0.4 is 19.7 Å². The van der Waals surface area contributed by atoms with Crippen molar-refractivity contribution in [1.82, 2.24) is 4.98 Å². The number of rotatable bonds is 6. The van der Waals surface area contributed by atoms with Gasteiger partial charge in [-0.05, 0) is 81.5 Å². The second-order valence-electron chi connectivity index (χ2n) is 11.0. The Balaban J connectivity index is 1.36. The Morgan fingerprint density at radius 2 is 1.83 bits per heavy atom. The van der Waals surface area contributed by atoms with Crippen LogP contribution >= 0.6 is 0 Å². The van der Waals surface area contributed by atoms with E-state index in [9.17, 15) is 9.59 Å². The van der Waals surface area contributed by atoms with Crippen molar-refractivity contribution < 1.29 is 23.8 Å². The molecule has 2 heterocycles. The molecule has 2 N–H and O–H groups in total. The van der Waals surface area contributed by atoms with Gasteiger partial charge in [0.15, 0.2) is 11.5 Å². The third-order valence-electron chi connectivity index (χ3n) is 6.43. The number of hydrogen-bond acceptors (Lipinski definition) is 5. The van der Waals surface area contributed by atoms with Gasteiger partial charge in [-0.15, -0.1) is 0 Å². The predicted molar refractivity (Wildman–Crippen MR) is 139 cm³/mol. The lowest BCUT2D eigenvalue weighted by Crippen LogP contribution is -2.39. The summed E-state index contributed by atoms with van der Waals surface area (Å²) in [5, 5.41) is 3.99. The van der Waals surface area contributed by atoms with E-state index in [0.717, 1.165) is 29.3 Å². The third-order valence-corrected chi connectivity index (χ3v) is 6.43. The van der Waals surface area contributed by atoms with Gasteiger partial charge in [0.1, 0.15) is 11.4 Å². The number of nitrogens with zero attached hydrogens (tertiary/aromatic N) is 1. The average molecular weight is 492 g/mol. The first kappa shape index (κ1) is 24.0. The van der Waals surface area contributed by atoms with Crippen LogP contribution in [0.1, 0.15) is 53.0 Å². The zero-order valence-corrected chi connectivity index (χ0v) is 21.4. The molecule has 1 aliphatic heterocycles. The van der Waals surface area contributed by atoms with Crippen molar-refractivity contribution in [2.24, 2.45) is 5.92 Å². The summed E-state index contributed by atoms with van der Waals surface area (Å²) < 4.78 is 16.5. The molecule has 1 saturated carbocycles. The van der Waals surface area contributed by atoms with Gasteiger partial charge >= 0.3 is 6.09 Å². The maximum absolute atomic E-state index is 13.3. The monoisotopic (exact) mass is 491 g/mol. The molecule has 0 radical (unpaired) electrons. The highest BCUT2D eigenvalue weighted by Gasteiger charge is 2.51. The summed E-state index contributed by atoms with van der Waals surface area (Å²) in [6.07, 6.45) is 1.18. The van der Waals surface area contributed by atoms with Gasteiger partial charge in [-0.3, -0.25) is 9.69 Å². The molecule has 0 unspecified atom stereocenters. The number of amides is 2. The lowest BCUT2D eigenvalue weighted by molar-refractivity contribution is -0.118. The molecule has 0 spiro atoms. The molecule has 1 aliphatic carbocycles. The van der Waals surface area contributed by atoms with Gasteiger partial charge in [0.05, 0.1) is 5.41 Å². The summed E-state index contributed by atoms with van der Waals surface area (Å²) in [6, 6.07) is 13.4.